The molecule has 0 saturated heterocycles. The zero-order valence-corrected chi connectivity index (χ0v) is 22.9. The van der Waals surface area contributed by atoms with Gasteiger partial charge in [-0.15, -0.1) is 0 Å². The fourth-order valence-corrected chi connectivity index (χ4v) is 3.96. The highest BCUT2D eigenvalue weighted by atomic mass is 16.7. The normalized spacial score (nSPS) is 10.6. The minimum absolute atomic E-state index is 0.0323. The third kappa shape index (κ3) is 15.8. The highest BCUT2D eigenvalue weighted by Gasteiger charge is 2.21. The van der Waals surface area contributed by atoms with Crippen LogP contribution in [0.5, 0.6) is 5.75 Å². The van der Waals surface area contributed by atoms with Crippen LogP contribution in [0, 0.1) is 0 Å². The molecule has 1 rings (SSSR count). The minimum Gasteiger partial charge on any atom is -0.478 e. The first-order chi connectivity index (χ1) is 18.0. The number of ether oxygens (including phenoxy) is 3. The van der Waals surface area contributed by atoms with Gasteiger partial charge < -0.3 is 19.3 Å². The van der Waals surface area contributed by atoms with Crippen molar-refractivity contribution in [3.05, 3.63) is 23.8 Å². The summed E-state index contributed by atoms with van der Waals surface area (Å²) in [4.78, 5) is 36.1. The maximum Gasteiger partial charge on any atom is 0.513 e. The van der Waals surface area contributed by atoms with Gasteiger partial charge in [0.2, 0.25) is 0 Å². The fourth-order valence-electron chi connectivity index (χ4n) is 3.96. The smallest absolute Gasteiger partial charge is 0.478 e. The van der Waals surface area contributed by atoms with Crippen LogP contribution in [0.15, 0.2) is 18.2 Å². The van der Waals surface area contributed by atoms with Gasteiger partial charge in [0.05, 0.1) is 18.9 Å². The lowest BCUT2D eigenvalue weighted by atomic mass is 10.1. The Morgan fingerprint density at radius 1 is 0.703 bits per heavy atom. The summed E-state index contributed by atoms with van der Waals surface area (Å²) in [7, 11) is 0. The molecule has 1 amide bonds. The Morgan fingerprint density at radius 2 is 1.19 bits per heavy atom. The number of carbonyl (C=O) groups is 3. The third-order valence-corrected chi connectivity index (χ3v) is 6.12. The van der Waals surface area contributed by atoms with E-state index < -0.39 is 18.2 Å². The number of para-hydroxylation sites is 1. The number of carboxylic acids is 1. The summed E-state index contributed by atoms with van der Waals surface area (Å²) < 4.78 is 15.5. The largest absolute Gasteiger partial charge is 0.513 e. The second-order valence-corrected chi connectivity index (χ2v) is 9.40. The van der Waals surface area contributed by atoms with Crippen LogP contribution in [0.1, 0.15) is 127 Å². The Bertz CT molecular complexity index is 782. The van der Waals surface area contributed by atoms with Crippen LogP contribution < -0.4 is 10.1 Å². The minimum atomic E-state index is -1.29. The summed E-state index contributed by atoms with van der Waals surface area (Å²) >= 11 is 0. The number of amides is 1. The Labute approximate surface area is 222 Å². The first kappa shape index (κ1) is 32.3. The standard InChI is InChI=1S/C29H47NO7/c1-3-5-7-9-11-13-15-17-22-35-28(33)30-25-21-19-20-24(27(31)32)26(25)37-29(34)36-23-18-16-14-12-10-8-6-4-2/h19-21H,3-18,22-23H2,1-2H3,(H,30,33)(H,31,32). The lowest BCUT2D eigenvalue weighted by Gasteiger charge is -2.14. The van der Waals surface area contributed by atoms with E-state index in [1.165, 1.54) is 82.4 Å². The van der Waals surface area contributed by atoms with Crippen LogP contribution in [0.4, 0.5) is 15.3 Å². The first-order valence-electron chi connectivity index (χ1n) is 14.1. The van der Waals surface area contributed by atoms with Gasteiger partial charge in [-0.25, -0.2) is 14.4 Å². The van der Waals surface area contributed by atoms with Gasteiger partial charge >= 0.3 is 18.2 Å². The van der Waals surface area contributed by atoms with Crippen LogP contribution in [0.25, 0.3) is 0 Å². The molecule has 8 nitrogen and oxygen atoms in total. The number of anilines is 1. The second-order valence-electron chi connectivity index (χ2n) is 9.40. The number of hydrogen-bond acceptors (Lipinski definition) is 6. The molecule has 0 aliphatic rings. The zero-order chi connectivity index (χ0) is 27.1. The zero-order valence-electron chi connectivity index (χ0n) is 22.9. The van der Waals surface area contributed by atoms with E-state index in [2.05, 4.69) is 19.2 Å². The van der Waals surface area contributed by atoms with Crippen LogP contribution in [0.3, 0.4) is 0 Å². The second kappa shape index (κ2) is 21.3. The predicted octanol–water partition coefficient (Wildman–Crippen LogP) is 8.73. The summed E-state index contributed by atoms with van der Waals surface area (Å²) in [5, 5.41) is 12.0. The molecule has 0 unspecified atom stereocenters. The maximum atomic E-state index is 12.2. The van der Waals surface area contributed by atoms with Crippen LogP contribution in [-0.4, -0.2) is 36.5 Å². The lowest BCUT2D eigenvalue weighted by Crippen LogP contribution is -2.18. The van der Waals surface area contributed by atoms with Crippen molar-refractivity contribution in [3.8, 4) is 5.75 Å². The van der Waals surface area contributed by atoms with Gasteiger partial charge in [0.25, 0.3) is 0 Å². The van der Waals surface area contributed by atoms with E-state index in [9.17, 15) is 19.5 Å². The molecular weight excluding hydrogens is 474 g/mol. The van der Waals surface area contributed by atoms with Gasteiger partial charge in [-0.1, -0.05) is 110 Å². The third-order valence-electron chi connectivity index (χ3n) is 6.12. The molecule has 0 heterocycles. The quantitative estimate of drug-likeness (QED) is 0.0945. The van der Waals surface area contributed by atoms with Crippen molar-refractivity contribution in [2.75, 3.05) is 18.5 Å². The highest BCUT2D eigenvalue weighted by Crippen LogP contribution is 2.30. The fraction of sp³-hybridized carbons (Fsp3) is 0.690. The summed E-state index contributed by atoms with van der Waals surface area (Å²) in [6.45, 7) is 4.83. The van der Waals surface area contributed by atoms with Gasteiger partial charge in [0.15, 0.2) is 5.75 Å². The molecule has 0 fully saturated rings. The van der Waals surface area contributed by atoms with E-state index in [-0.39, 0.29) is 30.2 Å². The molecule has 0 atom stereocenters. The number of nitrogens with one attached hydrogen (secondary N) is 1. The Hall–Kier alpha value is -2.77. The average Bonchev–Trinajstić information content (AvgIpc) is 2.87. The van der Waals surface area contributed by atoms with Crippen LogP contribution in [0.2, 0.25) is 0 Å². The molecule has 2 N–H and O–H groups in total. The molecular formula is C29H47NO7. The summed E-state index contributed by atoms with van der Waals surface area (Å²) in [6.07, 6.45) is 16.2. The molecule has 210 valence electrons. The van der Waals surface area contributed by atoms with Crippen molar-refractivity contribution in [1.82, 2.24) is 0 Å². The van der Waals surface area contributed by atoms with Gasteiger partial charge in [0, 0.05) is 0 Å². The Balaban J connectivity index is 2.43. The number of carboxylic acid groups (broad SMARTS) is 1. The summed E-state index contributed by atoms with van der Waals surface area (Å²) in [5.74, 6) is -1.57. The average molecular weight is 522 g/mol. The predicted molar refractivity (Wildman–Crippen MR) is 146 cm³/mol. The highest BCUT2D eigenvalue weighted by molar-refractivity contribution is 5.97. The molecule has 0 aliphatic carbocycles. The summed E-state index contributed by atoms with van der Waals surface area (Å²) in [6, 6.07) is 4.20. The van der Waals surface area contributed by atoms with Crippen LogP contribution in [-0.2, 0) is 9.47 Å². The molecule has 37 heavy (non-hydrogen) atoms. The van der Waals surface area contributed by atoms with E-state index in [1.54, 1.807) is 0 Å². The van der Waals surface area contributed by atoms with Crippen molar-refractivity contribution in [3.63, 3.8) is 0 Å². The number of rotatable bonds is 21. The number of unbranched alkanes of at least 4 members (excludes halogenated alkanes) is 14. The molecule has 0 aromatic heterocycles. The van der Waals surface area contributed by atoms with Crippen molar-refractivity contribution >= 4 is 23.9 Å². The maximum absolute atomic E-state index is 12.2. The molecule has 1 aromatic rings. The number of hydrogen-bond donors (Lipinski definition) is 2. The van der Waals surface area contributed by atoms with Crippen molar-refractivity contribution < 1.29 is 33.7 Å². The van der Waals surface area contributed by atoms with E-state index in [1.807, 2.05) is 0 Å². The van der Waals surface area contributed by atoms with E-state index in [0.717, 1.165) is 32.1 Å². The Morgan fingerprint density at radius 3 is 1.70 bits per heavy atom. The Kier molecular flexibility index (Phi) is 18.6. The molecule has 1 aromatic carbocycles. The monoisotopic (exact) mass is 521 g/mol. The summed E-state index contributed by atoms with van der Waals surface area (Å²) in [5.41, 5.74) is -0.227. The van der Waals surface area contributed by atoms with Crippen molar-refractivity contribution in [2.24, 2.45) is 0 Å². The van der Waals surface area contributed by atoms with E-state index in [4.69, 9.17) is 14.2 Å². The van der Waals surface area contributed by atoms with Crippen molar-refractivity contribution in [2.45, 2.75) is 117 Å². The van der Waals surface area contributed by atoms with E-state index >= 15 is 0 Å². The number of benzene rings is 1. The molecule has 0 saturated carbocycles. The molecule has 0 spiro atoms. The van der Waals surface area contributed by atoms with Gasteiger partial charge in [0.1, 0.15) is 5.56 Å². The van der Waals surface area contributed by atoms with E-state index in [0.29, 0.717) is 6.42 Å². The SMILES string of the molecule is CCCCCCCCCCOC(=O)Nc1cccc(C(=O)O)c1OC(=O)OCCCCCCCCCC. The van der Waals surface area contributed by atoms with Gasteiger partial charge in [-0.05, 0) is 25.0 Å². The molecule has 0 radical (unpaired) electrons. The van der Waals surface area contributed by atoms with Crippen LogP contribution >= 0.6 is 0 Å². The molecule has 8 heteroatoms. The molecule has 0 aliphatic heterocycles. The van der Waals surface area contributed by atoms with Gasteiger partial charge in [-0.3, -0.25) is 5.32 Å². The number of carbonyl (C=O) groups excluding carboxylic acids is 2. The lowest BCUT2D eigenvalue weighted by molar-refractivity contribution is 0.0689. The van der Waals surface area contributed by atoms with Crippen molar-refractivity contribution in [1.29, 1.82) is 0 Å². The molecule has 0 bridgehead atoms. The first-order valence-corrected chi connectivity index (χ1v) is 14.1. The topological polar surface area (TPSA) is 111 Å². The number of aromatic carboxylic acids is 1. The van der Waals surface area contributed by atoms with Gasteiger partial charge in [-0.2, -0.15) is 0 Å².